The molecule has 0 aromatic heterocycles. The molecule has 188 valence electrons. The van der Waals surface area contributed by atoms with Crippen LogP contribution in [0, 0.1) is 0 Å². The van der Waals surface area contributed by atoms with Gasteiger partial charge >= 0.3 is 0 Å². The maximum atomic E-state index is 12.8. The first-order chi connectivity index (χ1) is 17.6. The smallest absolute Gasteiger partial charge is 0.251 e. The summed E-state index contributed by atoms with van der Waals surface area (Å²) in [5.41, 5.74) is 2.91. The first-order valence-electron chi connectivity index (χ1n) is 12.5. The minimum atomic E-state index is -0.278. The van der Waals surface area contributed by atoms with Gasteiger partial charge in [-0.3, -0.25) is 9.69 Å². The topological polar surface area (TPSA) is 63.3 Å². The zero-order chi connectivity index (χ0) is 24.7. The van der Waals surface area contributed by atoms with Crippen molar-refractivity contribution in [2.24, 2.45) is 0 Å². The van der Waals surface area contributed by atoms with Crippen molar-refractivity contribution in [3.8, 4) is 17.2 Å². The fraction of sp³-hybridized carbons (Fsp3) is 0.345. The van der Waals surface area contributed by atoms with E-state index < -0.39 is 0 Å². The van der Waals surface area contributed by atoms with Gasteiger partial charge in [0.15, 0.2) is 11.5 Å². The number of carbonyl (C=O) groups is 1. The van der Waals surface area contributed by atoms with Crippen LogP contribution in [0.15, 0.2) is 72.8 Å². The van der Waals surface area contributed by atoms with E-state index in [0.29, 0.717) is 42.6 Å². The van der Waals surface area contributed by atoms with E-state index in [9.17, 15) is 4.79 Å². The molecule has 1 amide bonds. The molecule has 2 aliphatic heterocycles. The highest BCUT2D eigenvalue weighted by atomic mass is 16.6. The third kappa shape index (κ3) is 6.36. The van der Waals surface area contributed by atoms with E-state index in [1.807, 2.05) is 66.7 Å². The number of nitrogens with zero attached hydrogens (tertiary/aromatic N) is 2. The maximum absolute atomic E-state index is 12.8. The molecule has 7 heteroatoms. The first-order valence-corrected chi connectivity index (χ1v) is 12.5. The van der Waals surface area contributed by atoms with Crippen LogP contribution in [0.2, 0.25) is 0 Å². The Morgan fingerprint density at radius 2 is 1.75 bits per heavy atom. The molecule has 3 aromatic rings. The van der Waals surface area contributed by atoms with Crippen molar-refractivity contribution in [1.82, 2.24) is 15.1 Å². The Labute approximate surface area is 212 Å². The van der Waals surface area contributed by atoms with Gasteiger partial charge in [-0.05, 0) is 42.4 Å². The average molecular weight is 488 g/mol. The number of ether oxygens (including phenoxy) is 3. The number of carbonyl (C=O) groups excluding carboxylic acids is 1. The number of rotatable bonds is 8. The van der Waals surface area contributed by atoms with Gasteiger partial charge in [-0.1, -0.05) is 42.5 Å². The molecule has 1 atom stereocenters. The molecule has 2 heterocycles. The van der Waals surface area contributed by atoms with Crippen LogP contribution >= 0.6 is 0 Å². The van der Waals surface area contributed by atoms with Gasteiger partial charge in [0.05, 0.1) is 6.54 Å². The van der Waals surface area contributed by atoms with Gasteiger partial charge in [0, 0.05) is 44.4 Å². The van der Waals surface area contributed by atoms with Crippen molar-refractivity contribution in [3.63, 3.8) is 0 Å². The molecule has 36 heavy (non-hydrogen) atoms. The molecule has 0 saturated carbocycles. The van der Waals surface area contributed by atoms with Crippen LogP contribution in [0.3, 0.4) is 0 Å². The fourth-order valence-electron chi connectivity index (χ4n) is 4.41. The number of hydrogen-bond acceptors (Lipinski definition) is 6. The fourth-order valence-corrected chi connectivity index (χ4v) is 4.41. The second-order valence-corrected chi connectivity index (χ2v) is 9.42. The van der Waals surface area contributed by atoms with Gasteiger partial charge in [-0.15, -0.1) is 0 Å². The average Bonchev–Trinajstić information content (AvgIpc) is 2.92. The second-order valence-electron chi connectivity index (χ2n) is 9.42. The molecular weight excluding hydrogens is 454 g/mol. The van der Waals surface area contributed by atoms with E-state index in [-0.39, 0.29) is 12.0 Å². The summed E-state index contributed by atoms with van der Waals surface area (Å²) in [6.07, 6.45) is -0.278. The Hall–Kier alpha value is -3.55. The molecule has 1 saturated heterocycles. The van der Waals surface area contributed by atoms with E-state index in [1.165, 1.54) is 0 Å². The monoisotopic (exact) mass is 487 g/mol. The van der Waals surface area contributed by atoms with E-state index >= 15 is 0 Å². The second kappa shape index (κ2) is 11.5. The third-order valence-electron chi connectivity index (χ3n) is 6.56. The summed E-state index contributed by atoms with van der Waals surface area (Å²) in [5, 5.41) is 3.00. The van der Waals surface area contributed by atoms with Gasteiger partial charge < -0.3 is 24.4 Å². The molecule has 0 bridgehead atoms. The molecule has 5 rings (SSSR count). The van der Waals surface area contributed by atoms with E-state index in [2.05, 4.69) is 28.2 Å². The highest BCUT2D eigenvalue weighted by Crippen LogP contribution is 2.35. The van der Waals surface area contributed by atoms with Crippen LogP contribution in [-0.4, -0.2) is 68.2 Å². The van der Waals surface area contributed by atoms with E-state index in [4.69, 9.17) is 14.2 Å². The predicted molar refractivity (Wildman–Crippen MR) is 139 cm³/mol. The number of benzene rings is 3. The number of fused-ring (bicyclic) bond motifs is 1. The standard InChI is InChI=1S/C29H33N3O4/c1-31-12-14-32(15-13-31)19-23-8-5-9-24(16-23)29(33)30-18-26-21-35-27-11-10-25(17-28(27)36-26)34-20-22-6-3-2-4-7-22/h2-11,16-17,26H,12-15,18-21H2,1H3,(H,30,33)/t26-/m1/s1. The highest BCUT2D eigenvalue weighted by molar-refractivity contribution is 5.94. The summed E-state index contributed by atoms with van der Waals surface area (Å²) in [6, 6.07) is 23.5. The summed E-state index contributed by atoms with van der Waals surface area (Å²) < 4.78 is 17.9. The van der Waals surface area contributed by atoms with Crippen molar-refractivity contribution < 1.29 is 19.0 Å². The van der Waals surface area contributed by atoms with Gasteiger partial charge in [0.1, 0.15) is 25.1 Å². The Morgan fingerprint density at radius 3 is 2.58 bits per heavy atom. The zero-order valence-corrected chi connectivity index (χ0v) is 20.7. The lowest BCUT2D eigenvalue weighted by Crippen LogP contribution is -2.43. The van der Waals surface area contributed by atoms with E-state index in [0.717, 1.165) is 43.9 Å². The van der Waals surface area contributed by atoms with Crippen molar-refractivity contribution in [2.45, 2.75) is 19.3 Å². The van der Waals surface area contributed by atoms with E-state index in [1.54, 1.807) is 0 Å². The molecule has 3 aromatic carbocycles. The van der Waals surface area contributed by atoms with Gasteiger partial charge in [0.2, 0.25) is 0 Å². The van der Waals surface area contributed by atoms with Crippen LogP contribution in [-0.2, 0) is 13.2 Å². The molecule has 0 unspecified atom stereocenters. The Morgan fingerprint density at radius 1 is 0.944 bits per heavy atom. The Kier molecular flexibility index (Phi) is 7.69. The highest BCUT2D eigenvalue weighted by Gasteiger charge is 2.23. The number of amides is 1. The van der Waals surface area contributed by atoms with Crippen molar-refractivity contribution in [2.75, 3.05) is 46.4 Å². The van der Waals surface area contributed by atoms with Crippen molar-refractivity contribution in [3.05, 3.63) is 89.5 Å². The molecule has 2 aliphatic rings. The quantitative estimate of drug-likeness (QED) is 0.524. The maximum Gasteiger partial charge on any atom is 0.251 e. The first kappa shape index (κ1) is 24.2. The van der Waals surface area contributed by atoms with Crippen molar-refractivity contribution >= 4 is 5.91 Å². The van der Waals surface area contributed by atoms with Gasteiger partial charge in [-0.2, -0.15) is 0 Å². The molecule has 1 N–H and O–H groups in total. The summed E-state index contributed by atoms with van der Waals surface area (Å²) in [7, 11) is 2.15. The van der Waals surface area contributed by atoms with Crippen LogP contribution < -0.4 is 19.5 Å². The lowest BCUT2D eigenvalue weighted by Gasteiger charge is -2.32. The van der Waals surface area contributed by atoms with Crippen LogP contribution in [0.5, 0.6) is 17.2 Å². The van der Waals surface area contributed by atoms with Crippen LogP contribution in [0.1, 0.15) is 21.5 Å². The molecule has 0 radical (unpaired) electrons. The molecule has 1 fully saturated rings. The largest absolute Gasteiger partial charge is 0.489 e. The number of piperazine rings is 1. The summed E-state index contributed by atoms with van der Waals surface area (Å²) in [6.45, 7) is 6.32. The number of hydrogen-bond donors (Lipinski definition) is 1. The Bertz CT molecular complexity index is 1160. The van der Waals surface area contributed by atoms with Gasteiger partial charge in [-0.25, -0.2) is 0 Å². The number of likely N-dealkylation sites (N-methyl/N-ethyl adjacent to an activating group) is 1. The van der Waals surface area contributed by atoms with Crippen LogP contribution in [0.4, 0.5) is 0 Å². The lowest BCUT2D eigenvalue weighted by atomic mass is 10.1. The third-order valence-corrected chi connectivity index (χ3v) is 6.56. The van der Waals surface area contributed by atoms with Crippen molar-refractivity contribution in [1.29, 1.82) is 0 Å². The summed E-state index contributed by atoms with van der Waals surface area (Å²) in [4.78, 5) is 17.6. The zero-order valence-electron chi connectivity index (χ0n) is 20.7. The molecule has 0 spiro atoms. The minimum absolute atomic E-state index is 0.107. The lowest BCUT2D eigenvalue weighted by molar-refractivity contribution is 0.0786. The summed E-state index contributed by atoms with van der Waals surface area (Å²) in [5.74, 6) is 1.91. The molecule has 7 nitrogen and oxygen atoms in total. The molecular formula is C29H33N3O4. The molecule has 0 aliphatic carbocycles. The van der Waals surface area contributed by atoms with Crippen LogP contribution in [0.25, 0.3) is 0 Å². The number of nitrogens with one attached hydrogen (secondary N) is 1. The SMILES string of the molecule is CN1CCN(Cc2cccc(C(=O)NC[C@@H]3COc4ccc(OCc5ccccc5)cc4O3)c2)CC1. The normalized spacial score (nSPS) is 18.0. The van der Waals surface area contributed by atoms with Gasteiger partial charge in [0.25, 0.3) is 5.91 Å². The predicted octanol–water partition coefficient (Wildman–Crippen LogP) is 3.58. The minimum Gasteiger partial charge on any atom is -0.489 e. The summed E-state index contributed by atoms with van der Waals surface area (Å²) >= 11 is 0. The Balaban J connectivity index is 1.13.